The lowest BCUT2D eigenvalue weighted by Crippen LogP contribution is -2.32. The molecule has 0 saturated carbocycles. The highest BCUT2D eigenvalue weighted by atomic mass is 35.5. The minimum Gasteiger partial charge on any atom is -0.496 e. The Morgan fingerprint density at radius 2 is 1.58 bits per heavy atom. The Kier molecular flexibility index (Phi) is 6.52. The average Bonchev–Trinajstić information content (AvgIpc) is 3.04. The molecule has 0 radical (unpaired) electrons. The summed E-state index contributed by atoms with van der Waals surface area (Å²) >= 11 is 5.99. The summed E-state index contributed by atoms with van der Waals surface area (Å²) < 4.78 is 5.49. The van der Waals surface area contributed by atoms with Gasteiger partial charge in [-0.25, -0.2) is 0 Å². The van der Waals surface area contributed by atoms with Gasteiger partial charge in [0.2, 0.25) is 0 Å². The maximum Gasteiger partial charge on any atom is 0.278 e. The molecular weight excluding hydrogens is 436 g/mol. The first kappa shape index (κ1) is 22.6. The quantitative estimate of drug-likeness (QED) is 0.448. The van der Waals surface area contributed by atoms with Crippen LogP contribution in [0.4, 0.5) is 5.69 Å². The third-order valence-electron chi connectivity index (χ3n) is 5.64. The molecule has 3 aromatic carbocycles. The fourth-order valence-electron chi connectivity index (χ4n) is 3.80. The Labute approximate surface area is 198 Å². The van der Waals surface area contributed by atoms with Crippen molar-refractivity contribution >= 4 is 34.7 Å². The summed E-state index contributed by atoms with van der Waals surface area (Å²) in [6.45, 7) is 4.39. The van der Waals surface area contributed by atoms with Gasteiger partial charge in [0.1, 0.15) is 11.4 Å². The number of benzene rings is 3. The summed E-state index contributed by atoms with van der Waals surface area (Å²) in [5.41, 5.74) is 3.82. The van der Waals surface area contributed by atoms with Crippen molar-refractivity contribution in [2.45, 2.75) is 26.3 Å². The van der Waals surface area contributed by atoms with E-state index >= 15 is 0 Å². The number of para-hydroxylation sites is 1. The molecule has 1 heterocycles. The molecule has 0 unspecified atom stereocenters. The second kappa shape index (κ2) is 9.51. The summed E-state index contributed by atoms with van der Waals surface area (Å²) in [5.74, 6) is 0.160. The Hall–Kier alpha value is -3.57. The van der Waals surface area contributed by atoms with Gasteiger partial charge < -0.3 is 10.1 Å². The van der Waals surface area contributed by atoms with Crippen LogP contribution in [0.2, 0.25) is 5.02 Å². The molecule has 1 aliphatic rings. The summed E-state index contributed by atoms with van der Waals surface area (Å²) in [7, 11) is 1.55. The zero-order valence-electron chi connectivity index (χ0n) is 18.8. The van der Waals surface area contributed by atoms with Crippen LogP contribution in [0.25, 0.3) is 5.57 Å². The Balaban J connectivity index is 1.74. The van der Waals surface area contributed by atoms with E-state index in [0.29, 0.717) is 27.8 Å². The number of rotatable bonds is 7. The smallest absolute Gasteiger partial charge is 0.278 e. The fraction of sp³-hybridized carbons (Fsp3) is 0.185. The number of anilines is 1. The minimum atomic E-state index is -0.385. The number of hydrogen-bond donors (Lipinski definition) is 1. The molecule has 0 spiro atoms. The van der Waals surface area contributed by atoms with E-state index in [0.717, 1.165) is 11.3 Å². The average molecular weight is 461 g/mol. The van der Waals surface area contributed by atoms with Crippen LogP contribution >= 0.6 is 11.6 Å². The predicted molar refractivity (Wildman–Crippen MR) is 131 cm³/mol. The van der Waals surface area contributed by atoms with E-state index in [4.69, 9.17) is 16.3 Å². The largest absolute Gasteiger partial charge is 0.496 e. The molecular formula is C27H25ClN2O3. The van der Waals surface area contributed by atoms with E-state index in [1.165, 1.54) is 10.5 Å². The van der Waals surface area contributed by atoms with Crippen molar-refractivity contribution in [1.82, 2.24) is 4.90 Å². The summed E-state index contributed by atoms with van der Waals surface area (Å²) in [4.78, 5) is 28.2. The lowest BCUT2D eigenvalue weighted by atomic mass is 10.0. The van der Waals surface area contributed by atoms with Crippen molar-refractivity contribution in [1.29, 1.82) is 0 Å². The van der Waals surface area contributed by atoms with Crippen LogP contribution in [-0.2, 0) is 16.1 Å². The minimum absolute atomic E-state index is 0.144. The molecule has 3 aromatic rings. The van der Waals surface area contributed by atoms with E-state index in [1.54, 1.807) is 31.4 Å². The molecule has 0 aromatic heterocycles. The van der Waals surface area contributed by atoms with Crippen LogP contribution in [0, 0.1) is 0 Å². The maximum absolute atomic E-state index is 13.5. The van der Waals surface area contributed by atoms with Crippen molar-refractivity contribution in [3.05, 3.63) is 100 Å². The predicted octanol–water partition coefficient (Wildman–Crippen LogP) is 5.86. The standard InChI is InChI=1S/C27H25ClN2O3/c1-17(2)19-10-14-21(15-11-19)29-25-24(22-6-4-5-7-23(22)33-3)26(31)30(27(25)32)16-18-8-12-20(28)13-9-18/h4-15,17,29H,16H2,1-3H3. The van der Waals surface area contributed by atoms with Crippen molar-refractivity contribution in [2.75, 3.05) is 12.4 Å². The number of carbonyl (C=O) groups is 2. The second-order valence-corrected chi connectivity index (χ2v) is 8.61. The molecule has 6 heteroatoms. The molecule has 1 N–H and O–H groups in total. The first-order valence-electron chi connectivity index (χ1n) is 10.7. The number of carbonyl (C=O) groups excluding carboxylic acids is 2. The van der Waals surface area contributed by atoms with Crippen LogP contribution < -0.4 is 10.1 Å². The van der Waals surface area contributed by atoms with Crippen LogP contribution in [0.15, 0.2) is 78.5 Å². The lowest BCUT2D eigenvalue weighted by molar-refractivity contribution is -0.137. The maximum atomic E-state index is 13.5. The van der Waals surface area contributed by atoms with Gasteiger partial charge in [-0.3, -0.25) is 14.5 Å². The van der Waals surface area contributed by atoms with Gasteiger partial charge in [-0.1, -0.05) is 67.9 Å². The highest BCUT2D eigenvalue weighted by molar-refractivity contribution is 6.37. The highest BCUT2D eigenvalue weighted by Gasteiger charge is 2.40. The normalized spacial score (nSPS) is 13.8. The number of imide groups is 1. The number of ether oxygens (including phenoxy) is 1. The molecule has 0 fully saturated rings. The zero-order chi connectivity index (χ0) is 23.5. The Morgan fingerprint density at radius 1 is 0.909 bits per heavy atom. The lowest BCUT2D eigenvalue weighted by Gasteiger charge is -2.16. The number of hydrogen-bond acceptors (Lipinski definition) is 4. The van der Waals surface area contributed by atoms with E-state index in [-0.39, 0.29) is 24.1 Å². The molecule has 5 nitrogen and oxygen atoms in total. The molecule has 0 atom stereocenters. The second-order valence-electron chi connectivity index (χ2n) is 8.17. The molecule has 0 aliphatic carbocycles. The highest BCUT2D eigenvalue weighted by Crippen LogP contribution is 2.36. The molecule has 4 rings (SSSR count). The Bertz CT molecular complexity index is 1210. The van der Waals surface area contributed by atoms with Gasteiger partial charge in [0, 0.05) is 16.3 Å². The monoisotopic (exact) mass is 460 g/mol. The van der Waals surface area contributed by atoms with Gasteiger partial charge in [0.25, 0.3) is 11.8 Å². The van der Waals surface area contributed by atoms with Crippen LogP contribution in [0.3, 0.4) is 0 Å². The Morgan fingerprint density at radius 3 is 2.21 bits per heavy atom. The van der Waals surface area contributed by atoms with Crippen LogP contribution in [0.1, 0.15) is 36.5 Å². The number of nitrogens with zero attached hydrogens (tertiary/aromatic N) is 1. The number of amides is 2. The van der Waals surface area contributed by atoms with Crippen LogP contribution in [0.5, 0.6) is 5.75 Å². The SMILES string of the molecule is COc1ccccc1C1=C(Nc2ccc(C(C)C)cc2)C(=O)N(Cc2ccc(Cl)cc2)C1=O. The number of halogens is 1. The van der Waals surface area contributed by atoms with E-state index < -0.39 is 0 Å². The topological polar surface area (TPSA) is 58.6 Å². The summed E-state index contributed by atoms with van der Waals surface area (Å²) in [5, 5.41) is 3.80. The van der Waals surface area contributed by atoms with Crippen molar-refractivity contribution in [3.8, 4) is 5.75 Å². The third-order valence-corrected chi connectivity index (χ3v) is 5.90. The number of nitrogens with one attached hydrogen (secondary N) is 1. The first-order valence-corrected chi connectivity index (χ1v) is 11.1. The molecule has 33 heavy (non-hydrogen) atoms. The van der Waals surface area contributed by atoms with E-state index in [1.807, 2.05) is 48.5 Å². The number of methoxy groups -OCH3 is 1. The van der Waals surface area contributed by atoms with Crippen molar-refractivity contribution in [2.24, 2.45) is 0 Å². The van der Waals surface area contributed by atoms with Gasteiger partial charge in [-0.2, -0.15) is 0 Å². The van der Waals surface area contributed by atoms with Gasteiger partial charge in [0.05, 0.1) is 19.2 Å². The summed E-state index contributed by atoms with van der Waals surface area (Å²) in [6, 6.07) is 22.2. The summed E-state index contributed by atoms with van der Waals surface area (Å²) in [6.07, 6.45) is 0. The molecule has 0 bridgehead atoms. The van der Waals surface area contributed by atoms with E-state index in [9.17, 15) is 9.59 Å². The van der Waals surface area contributed by atoms with Gasteiger partial charge in [-0.15, -0.1) is 0 Å². The van der Waals surface area contributed by atoms with Crippen molar-refractivity contribution < 1.29 is 14.3 Å². The first-order chi connectivity index (χ1) is 15.9. The molecule has 1 aliphatic heterocycles. The molecule has 0 saturated heterocycles. The third kappa shape index (κ3) is 4.64. The van der Waals surface area contributed by atoms with Gasteiger partial charge in [-0.05, 0) is 47.4 Å². The molecule has 168 valence electrons. The molecule has 2 amide bonds. The van der Waals surface area contributed by atoms with E-state index in [2.05, 4.69) is 19.2 Å². The van der Waals surface area contributed by atoms with Gasteiger partial charge in [0.15, 0.2) is 0 Å². The fourth-order valence-corrected chi connectivity index (χ4v) is 3.93. The zero-order valence-corrected chi connectivity index (χ0v) is 19.5. The van der Waals surface area contributed by atoms with Crippen molar-refractivity contribution in [3.63, 3.8) is 0 Å². The van der Waals surface area contributed by atoms with Crippen LogP contribution in [-0.4, -0.2) is 23.8 Å². The van der Waals surface area contributed by atoms with Gasteiger partial charge >= 0.3 is 0 Å².